The Hall–Kier alpha value is -4.79. The summed E-state index contributed by atoms with van der Waals surface area (Å²) in [6.07, 6.45) is 4.29. The number of nitrogens with one attached hydrogen (secondary N) is 1. The Morgan fingerprint density at radius 1 is 1.00 bits per heavy atom. The normalized spacial score (nSPS) is 10.6. The third kappa shape index (κ3) is 5.00. The predicted octanol–water partition coefficient (Wildman–Crippen LogP) is 3.45. The summed E-state index contributed by atoms with van der Waals surface area (Å²) in [5.41, 5.74) is 0.677. The number of nitrogens with zero attached hydrogens (tertiary/aromatic N) is 2. The van der Waals surface area contributed by atoms with Crippen molar-refractivity contribution < 1.29 is 23.9 Å². The number of para-hydroxylation sites is 1. The first kappa shape index (κ1) is 24.3. The van der Waals surface area contributed by atoms with Crippen molar-refractivity contribution in [1.82, 2.24) is 9.55 Å². The van der Waals surface area contributed by atoms with Crippen LogP contribution in [0.2, 0.25) is 0 Å². The Balaban J connectivity index is 1.74. The van der Waals surface area contributed by atoms with Crippen LogP contribution in [-0.2, 0) is 16.1 Å². The average molecular weight is 485 g/mol. The smallest absolute Gasteiger partial charge is 0.340 e. The first-order chi connectivity index (χ1) is 17.4. The molecule has 0 aliphatic rings. The summed E-state index contributed by atoms with van der Waals surface area (Å²) in [5, 5.41) is 2.98. The highest BCUT2D eigenvalue weighted by atomic mass is 16.5. The Kier molecular flexibility index (Phi) is 7.20. The quantitative estimate of drug-likeness (QED) is 0.300. The number of hydrogen-bond donors (Lipinski definition) is 1. The Bertz CT molecular complexity index is 1510. The maximum atomic E-state index is 13.2. The Morgan fingerprint density at radius 2 is 1.75 bits per heavy atom. The molecule has 182 valence electrons. The summed E-state index contributed by atoms with van der Waals surface area (Å²) in [6.45, 7) is 1.65. The van der Waals surface area contributed by atoms with E-state index in [1.165, 1.54) is 42.4 Å². The number of esters is 1. The third-order valence-corrected chi connectivity index (χ3v) is 5.49. The molecule has 0 saturated carbocycles. The standard InChI is InChI=1S/C27H23N3O6/c1-3-36-27(34)19-6-4-5-7-22(19)29-24(31)16-30-15-21(25(32)17-10-12-28-13-11-17)26(33)20-9-8-18(35-2)14-23(20)30/h4-15H,3,16H2,1-2H3,(H,29,31). The zero-order valence-electron chi connectivity index (χ0n) is 19.7. The van der Waals surface area contributed by atoms with Crippen molar-refractivity contribution in [3.05, 3.63) is 100 Å². The lowest BCUT2D eigenvalue weighted by Crippen LogP contribution is -2.25. The van der Waals surface area contributed by atoms with E-state index in [0.717, 1.165) is 0 Å². The van der Waals surface area contributed by atoms with Crippen LogP contribution < -0.4 is 15.5 Å². The van der Waals surface area contributed by atoms with E-state index in [2.05, 4.69) is 10.3 Å². The second-order valence-electron chi connectivity index (χ2n) is 7.76. The summed E-state index contributed by atoms with van der Waals surface area (Å²) in [7, 11) is 1.49. The molecule has 2 aromatic heterocycles. The van der Waals surface area contributed by atoms with Crippen LogP contribution in [0, 0.1) is 0 Å². The van der Waals surface area contributed by atoms with Crippen LogP contribution in [-0.4, -0.2) is 40.9 Å². The van der Waals surface area contributed by atoms with Crippen molar-refractivity contribution in [2.24, 2.45) is 0 Å². The van der Waals surface area contributed by atoms with Crippen LogP contribution in [0.5, 0.6) is 5.75 Å². The summed E-state index contributed by atoms with van der Waals surface area (Å²) in [6, 6.07) is 14.3. The van der Waals surface area contributed by atoms with Gasteiger partial charge < -0.3 is 19.4 Å². The summed E-state index contributed by atoms with van der Waals surface area (Å²) < 4.78 is 11.9. The van der Waals surface area contributed by atoms with Gasteiger partial charge in [-0.3, -0.25) is 19.4 Å². The highest BCUT2D eigenvalue weighted by molar-refractivity contribution is 6.10. The van der Waals surface area contributed by atoms with E-state index in [9.17, 15) is 19.2 Å². The Morgan fingerprint density at radius 3 is 2.47 bits per heavy atom. The summed E-state index contributed by atoms with van der Waals surface area (Å²) in [4.78, 5) is 55.6. The number of hydrogen-bond acceptors (Lipinski definition) is 7. The van der Waals surface area contributed by atoms with Gasteiger partial charge in [-0.1, -0.05) is 12.1 Å². The van der Waals surface area contributed by atoms with Crippen LogP contribution in [0.25, 0.3) is 10.9 Å². The number of pyridine rings is 2. The van der Waals surface area contributed by atoms with Crippen molar-refractivity contribution in [2.75, 3.05) is 19.0 Å². The molecule has 0 unspecified atom stereocenters. The maximum absolute atomic E-state index is 13.2. The second-order valence-corrected chi connectivity index (χ2v) is 7.76. The van der Waals surface area contributed by atoms with E-state index in [1.807, 2.05) is 0 Å². The fourth-order valence-corrected chi connectivity index (χ4v) is 3.77. The van der Waals surface area contributed by atoms with E-state index in [-0.39, 0.29) is 35.4 Å². The van der Waals surface area contributed by atoms with Crippen molar-refractivity contribution in [3.8, 4) is 5.75 Å². The fraction of sp³-hybridized carbons (Fsp3) is 0.148. The second kappa shape index (κ2) is 10.6. The van der Waals surface area contributed by atoms with Crippen molar-refractivity contribution in [1.29, 1.82) is 0 Å². The highest BCUT2D eigenvalue weighted by Crippen LogP contribution is 2.21. The molecule has 4 aromatic rings. The minimum Gasteiger partial charge on any atom is -0.497 e. The van der Waals surface area contributed by atoms with Gasteiger partial charge in [-0.15, -0.1) is 0 Å². The van der Waals surface area contributed by atoms with Gasteiger partial charge in [0.1, 0.15) is 12.3 Å². The van der Waals surface area contributed by atoms with Crippen LogP contribution in [0.3, 0.4) is 0 Å². The topological polar surface area (TPSA) is 117 Å². The first-order valence-electron chi connectivity index (χ1n) is 11.1. The number of benzene rings is 2. The molecule has 0 aliphatic heterocycles. The fourth-order valence-electron chi connectivity index (χ4n) is 3.77. The number of methoxy groups -OCH3 is 1. The third-order valence-electron chi connectivity index (χ3n) is 5.49. The molecule has 9 nitrogen and oxygen atoms in total. The highest BCUT2D eigenvalue weighted by Gasteiger charge is 2.20. The van der Waals surface area contributed by atoms with Crippen molar-refractivity contribution in [2.45, 2.75) is 13.5 Å². The molecule has 0 radical (unpaired) electrons. The first-order valence-corrected chi connectivity index (χ1v) is 11.1. The van der Waals surface area contributed by atoms with Crippen LogP contribution in [0.1, 0.15) is 33.2 Å². The SMILES string of the molecule is CCOC(=O)c1ccccc1NC(=O)Cn1cc(C(=O)c2ccncc2)c(=O)c2ccc(OC)cc21. The number of ether oxygens (including phenoxy) is 2. The van der Waals surface area contributed by atoms with Gasteiger partial charge in [-0.25, -0.2) is 4.79 Å². The maximum Gasteiger partial charge on any atom is 0.340 e. The van der Waals surface area contributed by atoms with Gasteiger partial charge in [0.25, 0.3) is 0 Å². The lowest BCUT2D eigenvalue weighted by atomic mass is 10.0. The van der Waals surface area contributed by atoms with Gasteiger partial charge in [-0.05, 0) is 43.3 Å². The molecule has 0 aliphatic carbocycles. The van der Waals surface area contributed by atoms with Gasteiger partial charge in [0.2, 0.25) is 11.3 Å². The molecular formula is C27H23N3O6. The predicted molar refractivity (Wildman–Crippen MR) is 133 cm³/mol. The number of carbonyl (C=O) groups is 3. The van der Waals surface area contributed by atoms with Gasteiger partial charge in [-0.2, -0.15) is 0 Å². The monoisotopic (exact) mass is 485 g/mol. The number of fused-ring (bicyclic) bond motifs is 1. The largest absolute Gasteiger partial charge is 0.497 e. The molecule has 1 amide bonds. The minimum absolute atomic E-state index is 0.0846. The van der Waals surface area contributed by atoms with E-state index in [1.54, 1.807) is 49.4 Å². The van der Waals surface area contributed by atoms with Crippen LogP contribution in [0.4, 0.5) is 5.69 Å². The molecular weight excluding hydrogens is 462 g/mol. The van der Waals surface area contributed by atoms with Gasteiger partial charge >= 0.3 is 5.97 Å². The van der Waals surface area contributed by atoms with Crippen LogP contribution >= 0.6 is 0 Å². The van der Waals surface area contributed by atoms with Gasteiger partial charge in [0, 0.05) is 35.6 Å². The molecule has 4 rings (SSSR count). The Labute approximate surface area is 206 Å². The lowest BCUT2D eigenvalue weighted by molar-refractivity contribution is -0.116. The molecule has 1 N–H and O–H groups in total. The molecule has 36 heavy (non-hydrogen) atoms. The molecule has 0 bridgehead atoms. The van der Waals surface area contributed by atoms with Gasteiger partial charge in [0.15, 0.2) is 5.78 Å². The number of rotatable bonds is 8. The molecule has 2 aromatic carbocycles. The number of anilines is 1. The van der Waals surface area contributed by atoms with E-state index in [0.29, 0.717) is 16.8 Å². The van der Waals surface area contributed by atoms with Gasteiger partial charge in [0.05, 0.1) is 36.0 Å². The number of ketones is 1. The molecule has 0 spiro atoms. The average Bonchev–Trinajstić information content (AvgIpc) is 2.90. The van der Waals surface area contributed by atoms with E-state index >= 15 is 0 Å². The van der Waals surface area contributed by atoms with E-state index in [4.69, 9.17) is 9.47 Å². The van der Waals surface area contributed by atoms with Crippen LogP contribution in [0.15, 0.2) is 78.0 Å². The zero-order chi connectivity index (χ0) is 25.7. The lowest BCUT2D eigenvalue weighted by Gasteiger charge is -2.15. The number of amides is 1. The van der Waals surface area contributed by atoms with Crippen molar-refractivity contribution >= 4 is 34.3 Å². The molecule has 0 fully saturated rings. The molecule has 0 saturated heterocycles. The zero-order valence-corrected chi connectivity index (χ0v) is 19.7. The molecule has 9 heteroatoms. The number of carbonyl (C=O) groups excluding carboxylic acids is 3. The van der Waals surface area contributed by atoms with Crippen molar-refractivity contribution in [3.63, 3.8) is 0 Å². The molecule has 0 atom stereocenters. The summed E-state index contributed by atoms with van der Waals surface area (Å²) in [5.74, 6) is -1.03. The van der Waals surface area contributed by atoms with E-state index < -0.39 is 23.1 Å². The minimum atomic E-state index is -0.558. The summed E-state index contributed by atoms with van der Waals surface area (Å²) >= 11 is 0. The molecule has 2 heterocycles. The number of aromatic nitrogens is 2.